The highest BCUT2D eigenvalue weighted by molar-refractivity contribution is 6.30. The second kappa shape index (κ2) is 6.92. The molecule has 0 saturated carbocycles. The Morgan fingerprint density at radius 2 is 2.45 bits per heavy atom. The number of amides is 1. The van der Waals surface area contributed by atoms with E-state index in [1.807, 2.05) is 0 Å². The molecule has 2 rings (SSSR count). The fourth-order valence-corrected chi connectivity index (χ4v) is 2.30. The molecule has 0 bridgehead atoms. The summed E-state index contributed by atoms with van der Waals surface area (Å²) in [6, 6.07) is 6.61. The Balaban J connectivity index is 2.00. The van der Waals surface area contributed by atoms with Crippen LogP contribution in [0.2, 0.25) is 5.02 Å². The maximum atomic E-state index is 12.4. The van der Waals surface area contributed by atoms with Gasteiger partial charge in [-0.1, -0.05) is 17.7 Å². The van der Waals surface area contributed by atoms with Gasteiger partial charge in [-0.3, -0.25) is 4.79 Å². The van der Waals surface area contributed by atoms with Crippen molar-refractivity contribution in [2.75, 3.05) is 26.4 Å². The molecule has 1 fully saturated rings. The van der Waals surface area contributed by atoms with Gasteiger partial charge in [0.15, 0.2) is 6.10 Å². The summed E-state index contributed by atoms with van der Waals surface area (Å²) in [5.74, 6) is 0.388. The summed E-state index contributed by atoms with van der Waals surface area (Å²) >= 11 is 5.88. The van der Waals surface area contributed by atoms with Gasteiger partial charge in [-0.15, -0.1) is 0 Å². The normalized spacial score (nSPS) is 20.6. The fraction of sp³-hybridized carbons (Fsp3) is 0.500. The van der Waals surface area contributed by atoms with Crippen LogP contribution in [0.5, 0.6) is 5.75 Å². The van der Waals surface area contributed by atoms with Gasteiger partial charge in [0.25, 0.3) is 5.91 Å². The van der Waals surface area contributed by atoms with Crippen LogP contribution in [0.4, 0.5) is 0 Å². The molecule has 1 saturated heterocycles. The molecular formula is C14H18ClNO4. The van der Waals surface area contributed by atoms with E-state index in [0.29, 0.717) is 30.5 Å². The number of ether oxygens (including phenoxy) is 2. The predicted octanol–water partition coefficient (Wildman–Crippen LogP) is 1.33. The molecule has 0 aromatic heterocycles. The number of aliphatic hydroxyl groups excluding tert-OH is 1. The van der Waals surface area contributed by atoms with E-state index in [1.165, 1.54) is 0 Å². The van der Waals surface area contributed by atoms with Crippen molar-refractivity contribution in [3.05, 3.63) is 29.3 Å². The third-order valence-electron chi connectivity index (χ3n) is 3.18. The molecule has 1 aromatic carbocycles. The van der Waals surface area contributed by atoms with Crippen molar-refractivity contribution in [1.82, 2.24) is 4.90 Å². The maximum absolute atomic E-state index is 12.4. The first kappa shape index (κ1) is 15.1. The Morgan fingerprint density at radius 3 is 3.15 bits per heavy atom. The van der Waals surface area contributed by atoms with Gasteiger partial charge >= 0.3 is 0 Å². The molecule has 6 heteroatoms. The summed E-state index contributed by atoms with van der Waals surface area (Å²) in [5.41, 5.74) is 0. The molecular weight excluding hydrogens is 282 g/mol. The lowest BCUT2D eigenvalue weighted by Gasteiger charge is -2.35. The van der Waals surface area contributed by atoms with Crippen molar-refractivity contribution in [2.24, 2.45) is 0 Å². The van der Waals surface area contributed by atoms with E-state index in [9.17, 15) is 9.90 Å². The second-order valence-corrected chi connectivity index (χ2v) is 5.10. The summed E-state index contributed by atoms with van der Waals surface area (Å²) in [6.07, 6.45) is -0.638. The van der Waals surface area contributed by atoms with E-state index in [-0.39, 0.29) is 18.6 Å². The van der Waals surface area contributed by atoms with Gasteiger partial charge in [0.2, 0.25) is 0 Å². The summed E-state index contributed by atoms with van der Waals surface area (Å²) in [5, 5.41) is 9.84. The smallest absolute Gasteiger partial charge is 0.263 e. The lowest BCUT2D eigenvalue weighted by molar-refractivity contribution is -0.148. The number of carbonyl (C=O) groups is 1. The molecule has 5 nitrogen and oxygen atoms in total. The summed E-state index contributed by atoms with van der Waals surface area (Å²) < 4.78 is 10.9. The molecule has 110 valence electrons. The third-order valence-corrected chi connectivity index (χ3v) is 3.41. The van der Waals surface area contributed by atoms with E-state index in [0.717, 1.165) is 0 Å². The van der Waals surface area contributed by atoms with Gasteiger partial charge in [-0.05, 0) is 25.1 Å². The van der Waals surface area contributed by atoms with E-state index in [4.69, 9.17) is 21.1 Å². The highest BCUT2D eigenvalue weighted by Crippen LogP contribution is 2.19. The van der Waals surface area contributed by atoms with Crippen LogP contribution in [0.15, 0.2) is 24.3 Å². The first-order chi connectivity index (χ1) is 9.61. The molecule has 0 aliphatic carbocycles. The number of morpholine rings is 1. The quantitative estimate of drug-likeness (QED) is 0.911. The molecule has 1 aliphatic heterocycles. The Morgan fingerprint density at radius 1 is 1.65 bits per heavy atom. The number of benzene rings is 1. The van der Waals surface area contributed by atoms with Crippen LogP contribution in [0.3, 0.4) is 0 Å². The molecule has 1 N–H and O–H groups in total. The van der Waals surface area contributed by atoms with Gasteiger partial charge in [0.1, 0.15) is 5.75 Å². The Kier molecular flexibility index (Phi) is 5.23. The molecule has 0 radical (unpaired) electrons. The minimum atomic E-state index is -0.638. The minimum absolute atomic E-state index is 0.115. The highest BCUT2D eigenvalue weighted by atomic mass is 35.5. The molecule has 2 atom stereocenters. The summed E-state index contributed by atoms with van der Waals surface area (Å²) in [4.78, 5) is 14.0. The van der Waals surface area contributed by atoms with Gasteiger partial charge in [0.05, 0.1) is 25.9 Å². The number of carbonyl (C=O) groups excluding carboxylic acids is 1. The molecule has 1 amide bonds. The van der Waals surface area contributed by atoms with Gasteiger partial charge in [0, 0.05) is 11.6 Å². The lowest BCUT2D eigenvalue weighted by atomic mass is 10.2. The number of rotatable bonds is 4. The second-order valence-electron chi connectivity index (χ2n) is 4.66. The highest BCUT2D eigenvalue weighted by Gasteiger charge is 2.30. The van der Waals surface area contributed by atoms with Crippen molar-refractivity contribution < 1.29 is 19.4 Å². The van der Waals surface area contributed by atoms with E-state index < -0.39 is 6.10 Å². The first-order valence-electron chi connectivity index (χ1n) is 6.53. The van der Waals surface area contributed by atoms with Crippen LogP contribution in [0, 0.1) is 0 Å². The van der Waals surface area contributed by atoms with Crippen molar-refractivity contribution in [3.8, 4) is 5.75 Å². The monoisotopic (exact) mass is 299 g/mol. The SMILES string of the molecule is CC(Oc1cccc(Cl)c1)C(=O)N1CCOCC1CO. The van der Waals surface area contributed by atoms with Gasteiger partial charge in [-0.25, -0.2) is 0 Å². The van der Waals surface area contributed by atoms with Crippen LogP contribution in [0.1, 0.15) is 6.92 Å². The molecule has 0 spiro atoms. The largest absolute Gasteiger partial charge is 0.481 e. The van der Waals surface area contributed by atoms with E-state index >= 15 is 0 Å². The summed E-state index contributed by atoms with van der Waals surface area (Å²) in [6.45, 7) is 2.87. The third kappa shape index (κ3) is 3.62. The van der Waals surface area contributed by atoms with Crippen LogP contribution in [-0.2, 0) is 9.53 Å². The van der Waals surface area contributed by atoms with Crippen LogP contribution >= 0.6 is 11.6 Å². The average Bonchev–Trinajstić information content (AvgIpc) is 2.46. The maximum Gasteiger partial charge on any atom is 0.263 e. The number of halogens is 1. The summed E-state index contributed by atoms with van der Waals surface area (Å²) in [7, 11) is 0. The molecule has 2 unspecified atom stereocenters. The fourth-order valence-electron chi connectivity index (χ4n) is 2.12. The zero-order valence-corrected chi connectivity index (χ0v) is 12.0. The zero-order valence-electron chi connectivity index (χ0n) is 11.3. The van der Waals surface area contributed by atoms with E-state index in [1.54, 1.807) is 36.1 Å². The minimum Gasteiger partial charge on any atom is -0.481 e. The lowest BCUT2D eigenvalue weighted by Crippen LogP contribution is -2.54. The standard InChI is InChI=1S/C14H18ClNO4/c1-10(20-13-4-2-3-11(15)7-13)14(18)16-5-6-19-9-12(16)8-17/h2-4,7,10,12,17H,5-6,8-9H2,1H3. The average molecular weight is 300 g/mol. The number of aliphatic hydroxyl groups is 1. The first-order valence-corrected chi connectivity index (χ1v) is 6.91. The van der Waals surface area contributed by atoms with Crippen LogP contribution < -0.4 is 4.74 Å². The van der Waals surface area contributed by atoms with Crippen LogP contribution in [-0.4, -0.2) is 54.4 Å². The Bertz CT molecular complexity index is 468. The van der Waals surface area contributed by atoms with Gasteiger partial charge < -0.3 is 19.5 Å². The predicted molar refractivity (Wildman–Crippen MR) is 74.9 cm³/mol. The molecule has 1 aromatic rings. The zero-order chi connectivity index (χ0) is 14.5. The Labute approximate surface area is 123 Å². The number of nitrogens with zero attached hydrogens (tertiary/aromatic N) is 1. The van der Waals surface area contributed by atoms with Crippen molar-refractivity contribution in [1.29, 1.82) is 0 Å². The van der Waals surface area contributed by atoms with Crippen molar-refractivity contribution in [2.45, 2.75) is 19.1 Å². The molecule has 20 heavy (non-hydrogen) atoms. The number of hydrogen-bond donors (Lipinski definition) is 1. The Hall–Kier alpha value is -1.30. The van der Waals surface area contributed by atoms with E-state index in [2.05, 4.69) is 0 Å². The van der Waals surface area contributed by atoms with Crippen LogP contribution in [0.25, 0.3) is 0 Å². The topological polar surface area (TPSA) is 59.0 Å². The molecule has 1 aliphatic rings. The van der Waals surface area contributed by atoms with Crippen molar-refractivity contribution in [3.63, 3.8) is 0 Å². The van der Waals surface area contributed by atoms with Gasteiger partial charge in [-0.2, -0.15) is 0 Å². The van der Waals surface area contributed by atoms with Crippen molar-refractivity contribution >= 4 is 17.5 Å². The molecule has 1 heterocycles. The number of hydrogen-bond acceptors (Lipinski definition) is 4.